The van der Waals surface area contributed by atoms with E-state index in [0.29, 0.717) is 17.6 Å². The molecule has 0 heterocycles. The molecule has 6 nitrogen and oxygen atoms in total. The highest BCUT2D eigenvalue weighted by molar-refractivity contribution is 6.04. The van der Waals surface area contributed by atoms with Crippen LogP contribution >= 0.6 is 0 Å². The van der Waals surface area contributed by atoms with Gasteiger partial charge in [0.2, 0.25) is 0 Å². The van der Waals surface area contributed by atoms with Crippen molar-refractivity contribution in [2.75, 3.05) is 6.61 Å². The van der Waals surface area contributed by atoms with E-state index in [4.69, 9.17) is 4.74 Å². The van der Waals surface area contributed by atoms with E-state index in [-0.39, 0.29) is 43.0 Å². The predicted molar refractivity (Wildman–Crippen MR) is 125 cm³/mol. The van der Waals surface area contributed by atoms with Gasteiger partial charge < -0.3 is 20.1 Å². The summed E-state index contributed by atoms with van der Waals surface area (Å²) in [6, 6.07) is 9.47. The Hall–Kier alpha value is -2.28. The first-order chi connectivity index (χ1) is 15.9. The first-order valence-corrected chi connectivity index (χ1v) is 12.2. The standard InChI is InChI=1S/C28H34O6/c1-16-10-21-26(32,24(16)31)14-19(15-29)11-20-23-25(3,4)27(23,13-17(2)28(20,21)33)34-22(30)12-18-8-6-5-7-9-18/h5-11,17,20-21,23,29,32-33H,12-15H2,1-4H3/t17-,20-,21-,23?,26-,27-,28+/m1/s1. The van der Waals surface area contributed by atoms with Gasteiger partial charge in [-0.15, -0.1) is 0 Å². The van der Waals surface area contributed by atoms with Crippen LogP contribution < -0.4 is 0 Å². The molecule has 7 atom stereocenters. The van der Waals surface area contributed by atoms with Crippen LogP contribution in [-0.2, 0) is 20.7 Å². The first kappa shape index (κ1) is 23.5. The Morgan fingerprint density at radius 1 is 1.15 bits per heavy atom. The predicted octanol–water partition coefficient (Wildman–Crippen LogP) is 2.75. The van der Waals surface area contributed by atoms with Gasteiger partial charge in [0.15, 0.2) is 5.78 Å². The SMILES string of the molecule is CC1=C[C@H]2[C@]3(O)[C@H](C)C[C@@]4(OC(=O)Cc5ccccc5)C([C@H]3C=C(CO)C[C@]2(O)C1=O)C4(C)C. The number of hydrogen-bond acceptors (Lipinski definition) is 6. The van der Waals surface area contributed by atoms with E-state index in [1.54, 1.807) is 13.0 Å². The maximum Gasteiger partial charge on any atom is 0.310 e. The summed E-state index contributed by atoms with van der Waals surface area (Å²) in [7, 11) is 0. The Morgan fingerprint density at radius 3 is 2.47 bits per heavy atom. The van der Waals surface area contributed by atoms with Crippen molar-refractivity contribution < 1.29 is 29.6 Å². The zero-order valence-electron chi connectivity index (χ0n) is 20.2. The number of benzene rings is 1. The van der Waals surface area contributed by atoms with Gasteiger partial charge in [0, 0.05) is 29.6 Å². The van der Waals surface area contributed by atoms with Gasteiger partial charge in [-0.25, -0.2) is 0 Å². The van der Waals surface area contributed by atoms with Crippen LogP contribution in [0.25, 0.3) is 0 Å². The molecule has 5 rings (SSSR count). The number of carbonyl (C=O) groups is 2. The van der Waals surface area contributed by atoms with Crippen LogP contribution in [0, 0.1) is 29.1 Å². The van der Waals surface area contributed by atoms with E-state index < -0.39 is 34.1 Å². The Balaban J connectivity index is 1.54. The number of aliphatic hydroxyl groups excluding tert-OH is 1. The fourth-order valence-electron chi connectivity index (χ4n) is 7.60. The minimum absolute atomic E-state index is 0.0136. The number of carbonyl (C=O) groups excluding carboxylic acids is 2. The topological polar surface area (TPSA) is 104 Å². The molecular formula is C28H34O6. The molecular weight excluding hydrogens is 432 g/mol. The molecule has 0 aromatic heterocycles. The van der Waals surface area contributed by atoms with E-state index in [2.05, 4.69) is 13.8 Å². The van der Waals surface area contributed by atoms with Gasteiger partial charge in [-0.05, 0) is 36.0 Å². The number of rotatable bonds is 4. The van der Waals surface area contributed by atoms with Gasteiger partial charge in [0.05, 0.1) is 18.6 Å². The molecule has 0 radical (unpaired) electrons. The van der Waals surface area contributed by atoms with E-state index >= 15 is 0 Å². The molecule has 1 aromatic carbocycles. The highest BCUT2D eigenvalue weighted by atomic mass is 16.6. The van der Waals surface area contributed by atoms with Crippen LogP contribution in [0.2, 0.25) is 0 Å². The number of ether oxygens (including phenoxy) is 1. The average molecular weight is 467 g/mol. The molecule has 0 amide bonds. The van der Waals surface area contributed by atoms with Gasteiger partial charge in [-0.3, -0.25) is 9.59 Å². The lowest BCUT2D eigenvalue weighted by Gasteiger charge is -2.50. The van der Waals surface area contributed by atoms with Crippen molar-refractivity contribution in [2.24, 2.45) is 29.1 Å². The third-order valence-electron chi connectivity index (χ3n) is 9.36. The maximum atomic E-state index is 13.0. The summed E-state index contributed by atoms with van der Waals surface area (Å²) in [6.07, 6.45) is 4.16. The molecule has 2 saturated carbocycles. The third kappa shape index (κ3) is 2.91. The van der Waals surface area contributed by atoms with Crippen molar-refractivity contribution in [1.29, 1.82) is 0 Å². The highest BCUT2D eigenvalue weighted by Crippen LogP contribution is 2.76. The highest BCUT2D eigenvalue weighted by Gasteiger charge is 2.83. The second kappa shape index (κ2) is 7.36. The van der Waals surface area contributed by atoms with Crippen molar-refractivity contribution in [3.63, 3.8) is 0 Å². The molecule has 182 valence electrons. The molecule has 2 fully saturated rings. The van der Waals surface area contributed by atoms with Gasteiger partial charge in [-0.1, -0.05) is 63.3 Å². The molecule has 3 N–H and O–H groups in total. The zero-order chi connectivity index (χ0) is 24.7. The van der Waals surface area contributed by atoms with Crippen molar-refractivity contribution in [2.45, 2.75) is 63.8 Å². The summed E-state index contributed by atoms with van der Waals surface area (Å²) in [5.41, 5.74) is -2.50. The first-order valence-electron chi connectivity index (χ1n) is 12.2. The molecule has 0 aliphatic heterocycles. The smallest absolute Gasteiger partial charge is 0.310 e. The Bertz CT molecular complexity index is 1100. The van der Waals surface area contributed by atoms with Crippen LogP contribution in [-0.4, -0.2) is 50.5 Å². The number of aliphatic hydroxyl groups is 3. The second-order valence-electron chi connectivity index (χ2n) is 11.5. The molecule has 0 spiro atoms. The Kier molecular flexibility index (Phi) is 5.08. The van der Waals surface area contributed by atoms with Crippen LogP contribution in [0.4, 0.5) is 0 Å². The zero-order valence-corrected chi connectivity index (χ0v) is 20.2. The lowest BCUT2D eigenvalue weighted by Crippen LogP contribution is -2.61. The molecule has 0 saturated heterocycles. The number of Topliss-reactive ketones (excluding diaryl/α,β-unsaturated/α-hetero) is 1. The number of ketones is 1. The summed E-state index contributed by atoms with van der Waals surface area (Å²) in [5.74, 6) is -2.52. The fraction of sp³-hybridized carbons (Fsp3) is 0.571. The number of fused-ring (bicyclic) bond motifs is 5. The fourth-order valence-corrected chi connectivity index (χ4v) is 7.60. The van der Waals surface area contributed by atoms with Gasteiger partial charge in [0.1, 0.15) is 11.2 Å². The minimum Gasteiger partial charge on any atom is -0.458 e. The van der Waals surface area contributed by atoms with Crippen LogP contribution in [0.15, 0.2) is 53.6 Å². The molecule has 4 aliphatic carbocycles. The molecule has 1 unspecified atom stereocenters. The summed E-state index contributed by atoms with van der Waals surface area (Å²) in [6.45, 7) is 7.37. The maximum absolute atomic E-state index is 13.0. The molecule has 6 heteroatoms. The minimum atomic E-state index is -1.78. The van der Waals surface area contributed by atoms with E-state index in [1.807, 2.05) is 43.3 Å². The lowest BCUT2D eigenvalue weighted by molar-refractivity contribution is -0.186. The van der Waals surface area contributed by atoms with Crippen molar-refractivity contribution in [1.82, 2.24) is 0 Å². The Labute approximate surface area is 200 Å². The largest absolute Gasteiger partial charge is 0.458 e. The van der Waals surface area contributed by atoms with Gasteiger partial charge in [0.25, 0.3) is 0 Å². The van der Waals surface area contributed by atoms with Crippen molar-refractivity contribution in [3.05, 3.63) is 59.2 Å². The summed E-state index contributed by atoms with van der Waals surface area (Å²) in [4.78, 5) is 26.0. The number of esters is 1. The van der Waals surface area contributed by atoms with Crippen LogP contribution in [0.1, 0.15) is 46.1 Å². The van der Waals surface area contributed by atoms with E-state index in [0.717, 1.165) is 5.56 Å². The Morgan fingerprint density at radius 2 is 1.82 bits per heavy atom. The van der Waals surface area contributed by atoms with E-state index in [1.165, 1.54) is 0 Å². The molecule has 34 heavy (non-hydrogen) atoms. The van der Waals surface area contributed by atoms with Gasteiger partial charge >= 0.3 is 5.97 Å². The van der Waals surface area contributed by atoms with E-state index in [9.17, 15) is 24.9 Å². The molecule has 4 aliphatic rings. The summed E-state index contributed by atoms with van der Waals surface area (Å²) in [5, 5.41) is 33.9. The van der Waals surface area contributed by atoms with Crippen LogP contribution in [0.5, 0.6) is 0 Å². The lowest BCUT2D eigenvalue weighted by atomic mass is 9.60. The average Bonchev–Trinajstić information content (AvgIpc) is 3.18. The van der Waals surface area contributed by atoms with Crippen molar-refractivity contribution >= 4 is 11.8 Å². The quantitative estimate of drug-likeness (QED) is 0.466. The van der Waals surface area contributed by atoms with Crippen molar-refractivity contribution in [3.8, 4) is 0 Å². The third-order valence-corrected chi connectivity index (χ3v) is 9.36. The van der Waals surface area contributed by atoms with Crippen LogP contribution in [0.3, 0.4) is 0 Å². The number of hydrogen-bond donors (Lipinski definition) is 3. The monoisotopic (exact) mass is 466 g/mol. The summed E-state index contributed by atoms with van der Waals surface area (Å²) >= 11 is 0. The van der Waals surface area contributed by atoms with Gasteiger partial charge in [-0.2, -0.15) is 0 Å². The normalized spacial score (nSPS) is 41.9. The summed E-state index contributed by atoms with van der Waals surface area (Å²) < 4.78 is 6.24. The molecule has 0 bridgehead atoms. The molecule has 1 aromatic rings. The second-order valence-corrected chi connectivity index (χ2v) is 11.5.